The molecule has 1 fully saturated rings. The van der Waals surface area contributed by atoms with Crippen molar-refractivity contribution >= 4 is 0 Å². The molecule has 0 spiro atoms. The first kappa shape index (κ1) is 16.6. The normalized spacial score (nSPS) is 28.6. The van der Waals surface area contributed by atoms with Crippen molar-refractivity contribution in [3.8, 4) is 11.5 Å². The van der Waals surface area contributed by atoms with Crippen molar-refractivity contribution in [2.24, 2.45) is 5.92 Å². The lowest BCUT2D eigenvalue weighted by atomic mass is 9.66. The number of aryl methyl sites for hydroxylation is 1. The van der Waals surface area contributed by atoms with E-state index in [1.165, 1.54) is 12.8 Å². The summed E-state index contributed by atoms with van der Waals surface area (Å²) in [6.45, 7) is 6.49. The second-order valence-corrected chi connectivity index (χ2v) is 7.87. The number of rotatable bonds is 4. The van der Waals surface area contributed by atoms with Crippen molar-refractivity contribution in [1.29, 1.82) is 0 Å². The minimum Gasteiger partial charge on any atom is -0.508 e. The first-order chi connectivity index (χ1) is 10.9. The van der Waals surface area contributed by atoms with Crippen LogP contribution < -0.4 is 4.74 Å². The molecule has 2 aliphatic rings. The molecule has 0 saturated heterocycles. The highest BCUT2D eigenvalue weighted by Gasteiger charge is 2.47. The number of ether oxygens (including phenoxy) is 1. The maximum atomic E-state index is 10.6. The van der Waals surface area contributed by atoms with Gasteiger partial charge in [0.2, 0.25) is 0 Å². The lowest BCUT2D eigenvalue weighted by Crippen LogP contribution is -2.47. The molecule has 0 bridgehead atoms. The van der Waals surface area contributed by atoms with E-state index in [9.17, 15) is 10.2 Å². The van der Waals surface area contributed by atoms with Crippen LogP contribution in [0.5, 0.6) is 11.5 Å². The molecule has 23 heavy (non-hydrogen) atoms. The van der Waals surface area contributed by atoms with Crippen LogP contribution in [0.25, 0.3) is 0 Å². The molecular formula is C20H30O3. The molecule has 1 aliphatic carbocycles. The van der Waals surface area contributed by atoms with Gasteiger partial charge >= 0.3 is 0 Å². The Hall–Kier alpha value is -1.22. The molecule has 0 amide bonds. The lowest BCUT2D eigenvalue weighted by Gasteiger charge is -2.48. The predicted octanol–water partition coefficient (Wildman–Crippen LogP) is 4.54. The SMILES string of the molecule is CCCCCc1cc(O)c2c(c1)OC(C)(C)[C@@H]1CCC(O)C[C@@H]21. The summed E-state index contributed by atoms with van der Waals surface area (Å²) < 4.78 is 6.31. The molecule has 3 nitrogen and oxygen atoms in total. The van der Waals surface area contributed by atoms with Crippen molar-refractivity contribution in [1.82, 2.24) is 0 Å². The van der Waals surface area contributed by atoms with Crippen LogP contribution in [0.2, 0.25) is 0 Å². The lowest BCUT2D eigenvalue weighted by molar-refractivity contribution is -0.0317. The third-order valence-corrected chi connectivity index (χ3v) is 5.71. The largest absolute Gasteiger partial charge is 0.508 e. The van der Waals surface area contributed by atoms with E-state index in [0.717, 1.165) is 49.0 Å². The Morgan fingerprint density at radius 2 is 2.00 bits per heavy atom. The van der Waals surface area contributed by atoms with Crippen LogP contribution in [0.4, 0.5) is 0 Å². The highest BCUT2D eigenvalue weighted by Crippen LogP contribution is 2.54. The number of phenolic OH excluding ortho intramolecular Hbond substituents is 1. The summed E-state index contributed by atoms with van der Waals surface area (Å²) >= 11 is 0. The van der Waals surface area contributed by atoms with Gasteiger partial charge in [-0.1, -0.05) is 19.8 Å². The molecule has 1 aromatic rings. The summed E-state index contributed by atoms with van der Waals surface area (Å²) in [7, 11) is 0. The van der Waals surface area contributed by atoms with E-state index >= 15 is 0 Å². The van der Waals surface area contributed by atoms with Crippen LogP contribution in [0.15, 0.2) is 12.1 Å². The van der Waals surface area contributed by atoms with Crippen molar-refractivity contribution < 1.29 is 14.9 Å². The fourth-order valence-electron chi connectivity index (χ4n) is 4.51. The van der Waals surface area contributed by atoms with Gasteiger partial charge in [-0.15, -0.1) is 0 Å². The first-order valence-electron chi connectivity index (χ1n) is 9.15. The smallest absolute Gasteiger partial charge is 0.127 e. The molecule has 128 valence electrons. The molecule has 1 heterocycles. The summed E-state index contributed by atoms with van der Waals surface area (Å²) in [6.07, 6.45) is 6.78. The molecular weight excluding hydrogens is 288 g/mol. The Balaban J connectivity index is 1.94. The standard InChI is InChI=1S/C20H30O3/c1-4-5-6-7-13-10-17(22)19-15-12-14(21)8-9-16(15)20(2,3)23-18(19)11-13/h10-11,14-16,21-22H,4-9,12H2,1-3H3/t14?,15-,16-/m1/s1. The summed E-state index contributed by atoms with van der Waals surface area (Å²) in [6, 6.07) is 4.03. The van der Waals surface area contributed by atoms with Gasteiger partial charge in [-0.2, -0.15) is 0 Å². The Kier molecular flexibility index (Phi) is 4.59. The summed E-state index contributed by atoms with van der Waals surface area (Å²) in [5.74, 6) is 1.74. The Bertz CT molecular complexity index is 564. The third-order valence-electron chi connectivity index (χ3n) is 5.71. The van der Waals surface area contributed by atoms with Gasteiger partial charge in [0.25, 0.3) is 0 Å². The number of fused-ring (bicyclic) bond motifs is 3. The Morgan fingerprint density at radius 3 is 2.74 bits per heavy atom. The van der Waals surface area contributed by atoms with Gasteiger partial charge in [-0.3, -0.25) is 0 Å². The van der Waals surface area contributed by atoms with Crippen LogP contribution in [0.1, 0.15) is 76.3 Å². The molecule has 0 aromatic heterocycles. The van der Waals surface area contributed by atoms with Gasteiger partial charge in [-0.25, -0.2) is 0 Å². The predicted molar refractivity (Wildman–Crippen MR) is 92.1 cm³/mol. The van der Waals surface area contributed by atoms with E-state index in [0.29, 0.717) is 11.7 Å². The highest BCUT2D eigenvalue weighted by atomic mass is 16.5. The zero-order valence-corrected chi connectivity index (χ0v) is 14.6. The number of hydrogen-bond donors (Lipinski definition) is 2. The van der Waals surface area contributed by atoms with E-state index in [1.807, 2.05) is 6.07 Å². The monoisotopic (exact) mass is 318 g/mol. The number of phenols is 1. The van der Waals surface area contributed by atoms with Gasteiger partial charge in [0.05, 0.1) is 6.10 Å². The van der Waals surface area contributed by atoms with Crippen LogP contribution in [0, 0.1) is 5.92 Å². The highest BCUT2D eigenvalue weighted by molar-refractivity contribution is 5.52. The van der Waals surface area contributed by atoms with E-state index in [1.54, 1.807) is 0 Å². The number of aliphatic hydroxyl groups is 1. The summed E-state index contributed by atoms with van der Waals surface area (Å²) in [5, 5.41) is 20.7. The maximum absolute atomic E-state index is 10.6. The number of aromatic hydroxyl groups is 1. The molecule has 0 radical (unpaired) electrons. The minimum absolute atomic E-state index is 0.196. The van der Waals surface area contributed by atoms with Gasteiger partial charge in [0.1, 0.15) is 17.1 Å². The van der Waals surface area contributed by atoms with Crippen molar-refractivity contribution in [3.05, 3.63) is 23.3 Å². The second-order valence-electron chi connectivity index (χ2n) is 7.87. The molecule has 3 rings (SSSR count). The van der Waals surface area contributed by atoms with Crippen molar-refractivity contribution in [2.45, 2.75) is 83.3 Å². The number of benzene rings is 1. The fraction of sp³-hybridized carbons (Fsp3) is 0.700. The van der Waals surface area contributed by atoms with Gasteiger partial charge < -0.3 is 14.9 Å². The summed E-state index contributed by atoms with van der Waals surface area (Å²) in [5.41, 5.74) is 1.83. The van der Waals surface area contributed by atoms with Crippen LogP contribution in [0.3, 0.4) is 0 Å². The zero-order valence-electron chi connectivity index (χ0n) is 14.6. The second kappa shape index (κ2) is 6.35. The molecule has 3 heteroatoms. The van der Waals surface area contributed by atoms with E-state index in [2.05, 4.69) is 26.8 Å². The fourth-order valence-corrected chi connectivity index (χ4v) is 4.51. The van der Waals surface area contributed by atoms with Gasteiger partial charge in [-0.05, 0) is 63.6 Å². The number of unbranched alkanes of at least 4 members (excludes halogenated alkanes) is 2. The quantitative estimate of drug-likeness (QED) is 0.801. The molecule has 1 saturated carbocycles. The third kappa shape index (κ3) is 3.21. The minimum atomic E-state index is -0.262. The Labute approximate surface area is 139 Å². The number of aliphatic hydroxyl groups excluding tert-OH is 1. The molecule has 3 atom stereocenters. The average molecular weight is 318 g/mol. The molecule has 1 unspecified atom stereocenters. The van der Waals surface area contributed by atoms with Crippen LogP contribution >= 0.6 is 0 Å². The van der Waals surface area contributed by atoms with Crippen molar-refractivity contribution in [3.63, 3.8) is 0 Å². The van der Waals surface area contributed by atoms with Gasteiger partial charge in [0, 0.05) is 17.4 Å². The van der Waals surface area contributed by atoms with E-state index in [-0.39, 0.29) is 17.6 Å². The van der Waals surface area contributed by atoms with Crippen molar-refractivity contribution in [2.75, 3.05) is 0 Å². The zero-order chi connectivity index (χ0) is 16.6. The van der Waals surface area contributed by atoms with Crippen LogP contribution in [-0.4, -0.2) is 21.9 Å². The van der Waals surface area contributed by atoms with E-state index in [4.69, 9.17) is 4.74 Å². The molecule has 2 N–H and O–H groups in total. The average Bonchev–Trinajstić information content (AvgIpc) is 2.46. The first-order valence-corrected chi connectivity index (χ1v) is 9.15. The number of hydrogen-bond acceptors (Lipinski definition) is 3. The molecule has 1 aromatic carbocycles. The topological polar surface area (TPSA) is 49.7 Å². The van der Waals surface area contributed by atoms with Gasteiger partial charge in [0.15, 0.2) is 0 Å². The van der Waals surface area contributed by atoms with E-state index < -0.39 is 0 Å². The molecule has 1 aliphatic heterocycles. The summed E-state index contributed by atoms with van der Waals surface area (Å²) in [4.78, 5) is 0. The van der Waals surface area contributed by atoms with Crippen LogP contribution in [-0.2, 0) is 6.42 Å². The maximum Gasteiger partial charge on any atom is 0.127 e. The Morgan fingerprint density at radius 1 is 1.22 bits per heavy atom.